The van der Waals surface area contributed by atoms with Crippen LogP contribution in [0.5, 0.6) is 0 Å². The van der Waals surface area contributed by atoms with E-state index in [2.05, 4.69) is 0 Å². The lowest BCUT2D eigenvalue weighted by atomic mass is 9.83. The van der Waals surface area contributed by atoms with Gasteiger partial charge in [-0.15, -0.1) is 0 Å². The van der Waals surface area contributed by atoms with E-state index in [0.717, 1.165) is 0 Å². The number of epoxide rings is 1. The van der Waals surface area contributed by atoms with Gasteiger partial charge in [0.1, 0.15) is 23.8 Å². The normalized spacial score (nSPS) is 26.7. The van der Waals surface area contributed by atoms with Crippen molar-refractivity contribution >= 4 is 0 Å². The second kappa shape index (κ2) is 4.37. The molecule has 21 heavy (non-hydrogen) atoms. The Kier molecular flexibility index (Phi) is 2.76. The molecule has 2 aromatic carbocycles. The molecule has 0 amide bonds. The van der Waals surface area contributed by atoms with Crippen molar-refractivity contribution in [3.63, 3.8) is 0 Å². The van der Waals surface area contributed by atoms with Crippen LogP contribution in [0.15, 0.2) is 48.5 Å². The van der Waals surface area contributed by atoms with Crippen molar-refractivity contribution in [2.24, 2.45) is 0 Å². The summed E-state index contributed by atoms with van der Waals surface area (Å²) in [4.78, 5) is 0. The van der Waals surface area contributed by atoms with Crippen molar-refractivity contribution < 1.29 is 13.5 Å². The first kappa shape index (κ1) is 13.2. The van der Waals surface area contributed by atoms with Gasteiger partial charge in [0.25, 0.3) is 0 Å². The van der Waals surface area contributed by atoms with Crippen LogP contribution in [-0.4, -0.2) is 0 Å². The zero-order valence-corrected chi connectivity index (χ0v) is 10.7. The molecule has 1 aliphatic heterocycles. The third-order valence-corrected chi connectivity index (χ3v) is 3.58. The molecule has 2 aromatic rings. The van der Waals surface area contributed by atoms with Crippen molar-refractivity contribution in [3.05, 3.63) is 71.3 Å². The van der Waals surface area contributed by atoms with Crippen LogP contribution < -0.4 is 0 Å². The lowest BCUT2D eigenvalue weighted by Crippen LogP contribution is -2.19. The molecule has 0 saturated carbocycles. The standard InChI is InChI=1S/C16H8F2N2O/c17-13-5-1-11(2-6-13)15(9-19)16(10-20,21-15)12-3-7-14(18)8-4-12/h1-8H. The summed E-state index contributed by atoms with van der Waals surface area (Å²) in [7, 11) is 0. The van der Waals surface area contributed by atoms with Crippen molar-refractivity contribution in [2.45, 2.75) is 11.2 Å². The summed E-state index contributed by atoms with van der Waals surface area (Å²) in [6.45, 7) is 0. The highest BCUT2D eigenvalue weighted by Crippen LogP contribution is 2.61. The van der Waals surface area contributed by atoms with Crippen LogP contribution in [0.1, 0.15) is 11.1 Å². The summed E-state index contributed by atoms with van der Waals surface area (Å²) in [5.74, 6) is -0.895. The number of hydrogen-bond acceptors (Lipinski definition) is 3. The van der Waals surface area contributed by atoms with Gasteiger partial charge in [-0.25, -0.2) is 8.78 Å². The second-order valence-electron chi connectivity index (χ2n) is 4.70. The number of nitriles is 2. The minimum atomic E-state index is -1.51. The van der Waals surface area contributed by atoms with Gasteiger partial charge in [0.2, 0.25) is 11.2 Å². The minimum absolute atomic E-state index is 0.386. The van der Waals surface area contributed by atoms with E-state index in [-0.39, 0.29) is 0 Å². The van der Waals surface area contributed by atoms with Gasteiger partial charge in [0.15, 0.2) is 0 Å². The Morgan fingerprint density at radius 1 is 0.714 bits per heavy atom. The predicted molar refractivity (Wildman–Crippen MR) is 68.5 cm³/mol. The molecule has 2 atom stereocenters. The summed E-state index contributed by atoms with van der Waals surface area (Å²) >= 11 is 0. The van der Waals surface area contributed by atoms with Gasteiger partial charge in [0.05, 0.1) is 0 Å². The second-order valence-corrected chi connectivity index (χ2v) is 4.70. The van der Waals surface area contributed by atoms with Gasteiger partial charge in [-0.1, -0.05) is 24.3 Å². The highest BCUT2D eigenvalue weighted by atomic mass is 19.1. The molecule has 3 rings (SSSR count). The first-order valence-electron chi connectivity index (χ1n) is 6.13. The molecule has 1 fully saturated rings. The zero-order valence-electron chi connectivity index (χ0n) is 10.7. The molecule has 102 valence electrons. The SMILES string of the molecule is N#CC1(c2ccc(F)cc2)OC1(C#N)c1ccc(F)cc1. The quantitative estimate of drug-likeness (QED) is 0.795. The molecular weight excluding hydrogens is 274 g/mol. The minimum Gasteiger partial charge on any atom is -0.321 e. The van der Waals surface area contributed by atoms with Crippen molar-refractivity contribution in [2.75, 3.05) is 0 Å². The van der Waals surface area contributed by atoms with E-state index in [4.69, 9.17) is 4.74 Å². The summed E-state index contributed by atoms with van der Waals surface area (Å²) < 4.78 is 31.5. The highest BCUT2D eigenvalue weighted by Gasteiger charge is 2.74. The fourth-order valence-electron chi connectivity index (χ4n) is 2.43. The van der Waals surface area contributed by atoms with Gasteiger partial charge in [-0.2, -0.15) is 10.5 Å². The van der Waals surface area contributed by atoms with E-state index < -0.39 is 22.8 Å². The lowest BCUT2D eigenvalue weighted by molar-refractivity contribution is 0.314. The molecular formula is C16H8F2N2O. The molecule has 0 spiro atoms. The topological polar surface area (TPSA) is 60.1 Å². The highest BCUT2D eigenvalue weighted by molar-refractivity contribution is 5.52. The van der Waals surface area contributed by atoms with Crippen LogP contribution in [0, 0.1) is 34.3 Å². The summed E-state index contributed by atoms with van der Waals surface area (Å²) in [6, 6.07) is 14.4. The Morgan fingerprint density at radius 2 is 1.05 bits per heavy atom. The number of ether oxygens (including phenoxy) is 1. The van der Waals surface area contributed by atoms with E-state index >= 15 is 0 Å². The van der Waals surface area contributed by atoms with Gasteiger partial charge < -0.3 is 4.74 Å². The maximum absolute atomic E-state index is 13.0. The summed E-state index contributed by atoms with van der Waals surface area (Å²) in [6.07, 6.45) is 0. The van der Waals surface area contributed by atoms with Gasteiger partial charge in [-0.3, -0.25) is 0 Å². The van der Waals surface area contributed by atoms with Crippen molar-refractivity contribution in [3.8, 4) is 12.1 Å². The Morgan fingerprint density at radius 3 is 1.33 bits per heavy atom. The number of halogens is 2. The van der Waals surface area contributed by atoms with Gasteiger partial charge in [-0.05, 0) is 24.3 Å². The average molecular weight is 282 g/mol. The molecule has 2 unspecified atom stereocenters. The molecule has 0 N–H and O–H groups in total. The van der Waals surface area contributed by atoms with Crippen LogP contribution in [-0.2, 0) is 15.9 Å². The lowest BCUT2D eigenvalue weighted by Gasteiger charge is -2.09. The van der Waals surface area contributed by atoms with Crippen molar-refractivity contribution in [1.29, 1.82) is 10.5 Å². The molecule has 5 heteroatoms. The van der Waals surface area contributed by atoms with Crippen LogP contribution in [0.3, 0.4) is 0 Å². The number of benzene rings is 2. The van der Waals surface area contributed by atoms with Crippen LogP contribution in [0.4, 0.5) is 8.78 Å². The van der Waals surface area contributed by atoms with Crippen molar-refractivity contribution in [1.82, 2.24) is 0 Å². The Labute approximate surface area is 119 Å². The average Bonchev–Trinajstić information content (AvgIpc) is 3.19. The molecule has 0 aliphatic carbocycles. The Hall–Kier alpha value is -2.76. The molecule has 3 nitrogen and oxygen atoms in total. The summed E-state index contributed by atoms with van der Waals surface area (Å²) in [5, 5.41) is 18.9. The molecule has 0 aromatic heterocycles. The fraction of sp³-hybridized carbons (Fsp3) is 0.125. The first-order valence-corrected chi connectivity index (χ1v) is 6.13. The van der Waals surface area contributed by atoms with Gasteiger partial charge >= 0.3 is 0 Å². The maximum Gasteiger partial charge on any atom is 0.228 e. The zero-order chi connectivity index (χ0) is 15.1. The monoisotopic (exact) mass is 282 g/mol. The number of nitrogens with zero attached hydrogens (tertiary/aromatic N) is 2. The van der Waals surface area contributed by atoms with Crippen LogP contribution in [0.2, 0.25) is 0 Å². The molecule has 1 aliphatic rings. The molecule has 0 bridgehead atoms. The van der Waals surface area contributed by atoms with E-state index in [1.807, 2.05) is 12.1 Å². The maximum atomic E-state index is 13.0. The first-order chi connectivity index (χ1) is 10.1. The summed E-state index contributed by atoms with van der Waals surface area (Å²) in [5.41, 5.74) is -2.24. The Balaban J connectivity index is 2.11. The molecule has 0 radical (unpaired) electrons. The van der Waals surface area contributed by atoms with E-state index in [1.165, 1.54) is 48.5 Å². The third-order valence-electron chi connectivity index (χ3n) is 3.58. The predicted octanol–water partition coefficient (Wildman–Crippen LogP) is 3.13. The van der Waals surface area contributed by atoms with E-state index in [9.17, 15) is 19.3 Å². The molecule has 1 saturated heterocycles. The van der Waals surface area contributed by atoms with E-state index in [0.29, 0.717) is 11.1 Å². The number of rotatable bonds is 2. The van der Waals surface area contributed by atoms with Gasteiger partial charge in [0, 0.05) is 11.1 Å². The van der Waals surface area contributed by atoms with Crippen LogP contribution in [0.25, 0.3) is 0 Å². The third kappa shape index (κ3) is 1.72. The van der Waals surface area contributed by atoms with E-state index in [1.54, 1.807) is 0 Å². The smallest absolute Gasteiger partial charge is 0.228 e. The fourth-order valence-corrected chi connectivity index (χ4v) is 2.43. The van der Waals surface area contributed by atoms with Crippen LogP contribution >= 0.6 is 0 Å². The Bertz CT molecular complexity index is 706. The number of hydrogen-bond donors (Lipinski definition) is 0. The molecule has 1 heterocycles. The largest absolute Gasteiger partial charge is 0.321 e.